The maximum absolute atomic E-state index is 12.1. The highest BCUT2D eigenvalue weighted by Crippen LogP contribution is 2.12. The Labute approximate surface area is 112 Å². The van der Waals surface area contributed by atoms with Crippen LogP contribution in [0.15, 0.2) is 15.8 Å². The van der Waals surface area contributed by atoms with E-state index in [1.165, 1.54) is 11.3 Å². The number of aryl methyl sites for hydroxylation is 1. The van der Waals surface area contributed by atoms with Crippen molar-refractivity contribution in [1.82, 2.24) is 14.5 Å². The van der Waals surface area contributed by atoms with Gasteiger partial charge in [0.1, 0.15) is 5.15 Å². The van der Waals surface area contributed by atoms with Gasteiger partial charge in [-0.25, -0.2) is 9.78 Å². The minimum atomic E-state index is -0.492. The predicted molar refractivity (Wildman–Crippen MR) is 71.7 cm³/mol. The van der Waals surface area contributed by atoms with Crippen LogP contribution < -0.4 is 11.2 Å². The Hall–Kier alpha value is -1.40. The van der Waals surface area contributed by atoms with Crippen LogP contribution in [0.3, 0.4) is 0 Å². The van der Waals surface area contributed by atoms with Gasteiger partial charge in [-0.05, 0) is 13.3 Å². The Bertz CT molecular complexity index is 686. The van der Waals surface area contributed by atoms with Gasteiger partial charge in [-0.1, -0.05) is 18.5 Å². The molecule has 0 atom stereocenters. The topological polar surface area (TPSA) is 67.8 Å². The van der Waals surface area contributed by atoms with E-state index in [-0.39, 0.29) is 17.3 Å². The van der Waals surface area contributed by atoms with Crippen molar-refractivity contribution in [1.29, 1.82) is 0 Å². The summed E-state index contributed by atoms with van der Waals surface area (Å²) in [5.74, 6) is 0. The van der Waals surface area contributed by atoms with Crippen LogP contribution in [0.25, 0.3) is 0 Å². The lowest BCUT2D eigenvalue weighted by Crippen LogP contribution is -2.37. The number of rotatable bonds is 3. The van der Waals surface area contributed by atoms with Crippen molar-refractivity contribution in [2.24, 2.45) is 0 Å². The third-order valence-electron chi connectivity index (χ3n) is 2.57. The van der Waals surface area contributed by atoms with Gasteiger partial charge in [0.2, 0.25) is 0 Å². The Kier molecular flexibility index (Phi) is 3.68. The number of nitrogens with one attached hydrogen (secondary N) is 1. The number of hydrogen-bond acceptors (Lipinski definition) is 4. The second-order valence-electron chi connectivity index (χ2n) is 3.81. The molecule has 0 saturated carbocycles. The fraction of sp³-hybridized carbons (Fsp3) is 0.364. The van der Waals surface area contributed by atoms with E-state index in [0.29, 0.717) is 12.0 Å². The summed E-state index contributed by atoms with van der Waals surface area (Å²) in [5.41, 5.74) is -0.400. The molecule has 2 rings (SSSR count). The van der Waals surface area contributed by atoms with Crippen molar-refractivity contribution < 1.29 is 0 Å². The van der Waals surface area contributed by atoms with Crippen LogP contribution in [0.1, 0.15) is 22.4 Å². The summed E-state index contributed by atoms with van der Waals surface area (Å²) in [4.78, 5) is 31.3. The maximum Gasteiger partial charge on any atom is 0.329 e. The Morgan fingerprint density at radius 3 is 2.78 bits per heavy atom. The summed E-state index contributed by atoms with van der Waals surface area (Å²) in [6.45, 7) is 3.92. The van der Waals surface area contributed by atoms with Crippen LogP contribution in [-0.2, 0) is 13.0 Å². The van der Waals surface area contributed by atoms with Crippen molar-refractivity contribution >= 4 is 22.9 Å². The van der Waals surface area contributed by atoms with Crippen molar-refractivity contribution in [3.63, 3.8) is 0 Å². The van der Waals surface area contributed by atoms with E-state index in [1.54, 1.807) is 6.20 Å². The van der Waals surface area contributed by atoms with Crippen LogP contribution in [0.2, 0.25) is 5.15 Å². The molecule has 2 aromatic rings. The second-order valence-corrected chi connectivity index (χ2v) is 5.51. The molecule has 0 unspecified atom stereocenters. The summed E-state index contributed by atoms with van der Waals surface area (Å²) >= 11 is 7.30. The first-order valence-corrected chi connectivity index (χ1v) is 6.65. The maximum atomic E-state index is 12.1. The summed E-state index contributed by atoms with van der Waals surface area (Å²) in [5, 5.41) is 1.03. The summed E-state index contributed by atoms with van der Waals surface area (Å²) in [6, 6.07) is 0. The van der Waals surface area contributed by atoms with Crippen molar-refractivity contribution in [2.45, 2.75) is 26.8 Å². The molecule has 1 N–H and O–H groups in total. The van der Waals surface area contributed by atoms with E-state index < -0.39 is 5.69 Å². The molecule has 0 aliphatic carbocycles. The third-order valence-corrected chi connectivity index (χ3v) is 3.79. The number of aromatic nitrogens is 3. The Balaban J connectivity index is 2.51. The van der Waals surface area contributed by atoms with Crippen molar-refractivity contribution in [2.75, 3.05) is 0 Å². The molecule has 0 bridgehead atoms. The third kappa shape index (κ3) is 2.39. The van der Waals surface area contributed by atoms with E-state index in [0.717, 1.165) is 14.5 Å². The highest BCUT2D eigenvalue weighted by atomic mass is 35.5. The van der Waals surface area contributed by atoms with E-state index in [4.69, 9.17) is 11.6 Å². The van der Waals surface area contributed by atoms with Crippen LogP contribution in [0.4, 0.5) is 0 Å². The number of H-pyrrole nitrogens is 1. The van der Waals surface area contributed by atoms with Gasteiger partial charge in [-0.3, -0.25) is 14.3 Å². The zero-order valence-corrected chi connectivity index (χ0v) is 11.6. The van der Waals surface area contributed by atoms with E-state index in [9.17, 15) is 9.59 Å². The number of nitrogens with zero attached hydrogens (tertiary/aromatic N) is 2. The molecule has 0 aliphatic rings. The molecule has 0 aromatic carbocycles. The van der Waals surface area contributed by atoms with Crippen LogP contribution in [0.5, 0.6) is 0 Å². The second kappa shape index (κ2) is 5.07. The van der Waals surface area contributed by atoms with Crippen molar-refractivity contribution in [3.8, 4) is 0 Å². The quantitative estimate of drug-likeness (QED) is 0.871. The van der Waals surface area contributed by atoms with Gasteiger partial charge >= 0.3 is 5.69 Å². The molecular formula is C11H12ClN3O2S. The molecule has 0 fully saturated rings. The van der Waals surface area contributed by atoms with Gasteiger partial charge in [0, 0.05) is 11.1 Å². The molecule has 2 heterocycles. The summed E-state index contributed by atoms with van der Waals surface area (Å²) < 4.78 is 1.15. The normalized spacial score (nSPS) is 10.8. The largest absolute Gasteiger partial charge is 0.329 e. The average molecular weight is 286 g/mol. The van der Waals surface area contributed by atoms with Crippen LogP contribution in [-0.4, -0.2) is 14.5 Å². The average Bonchev–Trinajstić information content (AvgIpc) is 2.70. The number of hydrogen-bond donors (Lipinski definition) is 1. The molecular weight excluding hydrogens is 274 g/mol. The van der Waals surface area contributed by atoms with E-state index in [2.05, 4.69) is 9.97 Å². The van der Waals surface area contributed by atoms with Crippen LogP contribution >= 0.6 is 22.9 Å². The monoisotopic (exact) mass is 285 g/mol. The van der Waals surface area contributed by atoms with Gasteiger partial charge in [0.15, 0.2) is 0 Å². The first-order chi connectivity index (χ1) is 8.52. The molecule has 5 nitrogen and oxygen atoms in total. The molecule has 0 amide bonds. The Morgan fingerprint density at radius 1 is 1.50 bits per heavy atom. The van der Waals surface area contributed by atoms with Crippen molar-refractivity contribution in [3.05, 3.63) is 47.6 Å². The molecule has 96 valence electrons. The SMILES string of the molecule is CCc1c(Cl)[nH]c(=O)n(Cc2cnc(C)s2)c1=O. The lowest BCUT2D eigenvalue weighted by atomic mass is 10.2. The van der Waals surface area contributed by atoms with Gasteiger partial charge in [-0.2, -0.15) is 0 Å². The standard InChI is InChI=1S/C11H12ClN3O2S/c1-3-8-9(12)14-11(17)15(10(8)16)5-7-4-13-6(2)18-7/h4H,3,5H2,1-2H3,(H,14,17). The van der Waals surface area contributed by atoms with Crippen LogP contribution in [0, 0.1) is 6.92 Å². The fourth-order valence-corrected chi connectivity index (χ4v) is 2.75. The number of thiazole rings is 1. The fourth-order valence-electron chi connectivity index (χ4n) is 1.67. The summed E-state index contributed by atoms with van der Waals surface area (Å²) in [7, 11) is 0. The van der Waals surface area contributed by atoms with Gasteiger partial charge < -0.3 is 0 Å². The lowest BCUT2D eigenvalue weighted by molar-refractivity contribution is 0.692. The minimum Gasteiger partial charge on any atom is -0.297 e. The van der Waals surface area contributed by atoms with Gasteiger partial charge in [0.05, 0.1) is 17.1 Å². The highest BCUT2D eigenvalue weighted by Gasteiger charge is 2.12. The highest BCUT2D eigenvalue weighted by molar-refractivity contribution is 7.11. The molecule has 7 heteroatoms. The predicted octanol–water partition coefficient (Wildman–Crippen LogP) is 1.57. The van der Waals surface area contributed by atoms with Gasteiger partial charge in [-0.15, -0.1) is 11.3 Å². The molecule has 2 aromatic heterocycles. The number of aromatic amines is 1. The zero-order chi connectivity index (χ0) is 13.3. The lowest BCUT2D eigenvalue weighted by Gasteiger charge is -2.06. The molecule has 0 spiro atoms. The molecule has 0 radical (unpaired) electrons. The Morgan fingerprint density at radius 2 is 2.22 bits per heavy atom. The first-order valence-electron chi connectivity index (χ1n) is 5.45. The zero-order valence-electron chi connectivity index (χ0n) is 9.99. The minimum absolute atomic E-state index is 0.129. The smallest absolute Gasteiger partial charge is 0.297 e. The molecule has 18 heavy (non-hydrogen) atoms. The first kappa shape index (κ1) is 13.0. The molecule has 0 saturated heterocycles. The molecule has 0 aliphatic heterocycles. The number of halogens is 1. The summed E-state index contributed by atoms with van der Waals surface area (Å²) in [6.07, 6.45) is 2.16. The van der Waals surface area contributed by atoms with E-state index >= 15 is 0 Å². The van der Waals surface area contributed by atoms with E-state index in [1.807, 2.05) is 13.8 Å². The van der Waals surface area contributed by atoms with Gasteiger partial charge in [0.25, 0.3) is 5.56 Å².